The first-order valence-electron chi connectivity index (χ1n) is 8.17. The van der Waals surface area contributed by atoms with Crippen LogP contribution in [0, 0.1) is 5.82 Å². The lowest BCUT2D eigenvalue weighted by molar-refractivity contribution is -0.111. The average molecular weight is 368 g/mol. The number of nitrogens with one attached hydrogen (secondary N) is 2. The van der Waals surface area contributed by atoms with Crippen LogP contribution < -0.4 is 20.1 Å². The second-order valence-corrected chi connectivity index (χ2v) is 5.59. The standard InChI is InChI=1S/C20H17FN2O4/c1-2-3-4-5-19(24)23-16-11-14(7-8-15(16)21)22-20(25)13-6-9-17-18(10-13)27-12-26-17/h2-11H,12H2,1H3,(H,22,25)(H,23,24). The fraction of sp³-hybridized carbons (Fsp3) is 0.100. The summed E-state index contributed by atoms with van der Waals surface area (Å²) >= 11 is 0. The number of benzene rings is 2. The van der Waals surface area contributed by atoms with Crippen molar-refractivity contribution in [3.8, 4) is 11.5 Å². The molecule has 0 aromatic heterocycles. The van der Waals surface area contributed by atoms with Crippen molar-refractivity contribution in [3.63, 3.8) is 0 Å². The molecule has 2 aromatic rings. The molecule has 0 radical (unpaired) electrons. The largest absolute Gasteiger partial charge is 0.454 e. The number of fused-ring (bicyclic) bond motifs is 1. The first-order valence-corrected chi connectivity index (χ1v) is 8.17. The second-order valence-electron chi connectivity index (χ2n) is 5.59. The van der Waals surface area contributed by atoms with Crippen molar-refractivity contribution in [1.82, 2.24) is 0 Å². The quantitative estimate of drug-likeness (QED) is 0.620. The fourth-order valence-corrected chi connectivity index (χ4v) is 2.37. The molecule has 0 unspecified atom stereocenters. The maximum Gasteiger partial charge on any atom is 0.255 e. The number of amides is 2. The average Bonchev–Trinajstić information content (AvgIpc) is 3.12. The van der Waals surface area contributed by atoms with Crippen LogP contribution in [-0.2, 0) is 4.79 Å². The van der Waals surface area contributed by atoms with E-state index in [1.165, 1.54) is 24.3 Å². The lowest BCUT2D eigenvalue weighted by atomic mass is 10.1. The SMILES string of the molecule is CC=CC=CC(=O)Nc1cc(NC(=O)c2ccc3c(c2)OCO3)ccc1F. The van der Waals surface area contributed by atoms with Crippen molar-refractivity contribution >= 4 is 23.2 Å². The molecule has 1 heterocycles. The number of allylic oxidation sites excluding steroid dienone is 3. The summed E-state index contributed by atoms with van der Waals surface area (Å²) in [4.78, 5) is 24.2. The van der Waals surface area contributed by atoms with E-state index in [1.54, 1.807) is 36.4 Å². The van der Waals surface area contributed by atoms with E-state index < -0.39 is 17.6 Å². The van der Waals surface area contributed by atoms with Crippen molar-refractivity contribution in [2.45, 2.75) is 6.92 Å². The van der Waals surface area contributed by atoms with E-state index in [1.807, 2.05) is 6.92 Å². The fourth-order valence-electron chi connectivity index (χ4n) is 2.37. The van der Waals surface area contributed by atoms with Crippen LogP contribution in [0.3, 0.4) is 0 Å². The van der Waals surface area contributed by atoms with Crippen LogP contribution in [0.5, 0.6) is 11.5 Å². The van der Waals surface area contributed by atoms with Gasteiger partial charge in [-0.25, -0.2) is 4.39 Å². The minimum absolute atomic E-state index is 0.0337. The molecule has 138 valence electrons. The molecule has 27 heavy (non-hydrogen) atoms. The van der Waals surface area contributed by atoms with Gasteiger partial charge in [0.2, 0.25) is 12.7 Å². The van der Waals surface area contributed by atoms with Gasteiger partial charge in [-0.1, -0.05) is 18.2 Å². The molecule has 0 bridgehead atoms. The Labute approximate surface area is 155 Å². The van der Waals surface area contributed by atoms with Crippen LogP contribution in [0.25, 0.3) is 0 Å². The van der Waals surface area contributed by atoms with Gasteiger partial charge < -0.3 is 20.1 Å². The lowest BCUT2D eigenvalue weighted by Crippen LogP contribution is -2.13. The molecular weight excluding hydrogens is 351 g/mol. The molecule has 0 aliphatic carbocycles. The Kier molecular flexibility index (Phi) is 5.51. The van der Waals surface area contributed by atoms with Crippen LogP contribution in [0.4, 0.5) is 15.8 Å². The molecule has 2 N–H and O–H groups in total. The minimum Gasteiger partial charge on any atom is -0.454 e. The highest BCUT2D eigenvalue weighted by Gasteiger charge is 2.16. The lowest BCUT2D eigenvalue weighted by Gasteiger charge is -2.09. The molecule has 3 rings (SSSR count). The Bertz CT molecular complexity index is 938. The number of carbonyl (C=O) groups is 2. The summed E-state index contributed by atoms with van der Waals surface area (Å²) < 4.78 is 24.4. The summed E-state index contributed by atoms with van der Waals surface area (Å²) in [7, 11) is 0. The number of ether oxygens (including phenoxy) is 2. The maximum atomic E-state index is 13.9. The van der Waals surface area contributed by atoms with Crippen molar-refractivity contribution < 1.29 is 23.5 Å². The van der Waals surface area contributed by atoms with Gasteiger partial charge in [-0.2, -0.15) is 0 Å². The molecule has 0 fully saturated rings. The number of carbonyl (C=O) groups excluding carboxylic acids is 2. The Hall–Kier alpha value is -3.61. The van der Waals surface area contributed by atoms with Gasteiger partial charge in [0.05, 0.1) is 5.69 Å². The van der Waals surface area contributed by atoms with Gasteiger partial charge in [0.25, 0.3) is 5.91 Å². The third kappa shape index (κ3) is 4.52. The van der Waals surface area contributed by atoms with E-state index in [0.717, 1.165) is 0 Å². The van der Waals surface area contributed by atoms with E-state index in [0.29, 0.717) is 22.7 Å². The third-order valence-electron chi connectivity index (χ3n) is 3.67. The Balaban J connectivity index is 1.72. The van der Waals surface area contributed by atoms with Gasteiger partial charge in [0.1, 0.15) is 5.82 Å². The topological polar surface area (TPSA) is 76.7 Å². The Morgan fingerprint density at radius 3 is 2.67 bits per heavy atom. The molecule has 0 atom stereocenters. The molecule has 7 heteroatoms. The summed E-state index contributed by atoms with van der Waals surface area (Å²) in [5.41, 5.74) is 0.670. The van der Waals surface area contributed by atoms with Crippen molar-refractivity contribution in [3.05, 3.63) is 72.1 Å². The predicted molar refractivity (Wildman–Crippen MR) is 99.5 cm³/mol. The molecule has 6 nitrogen and oxygen atoms in total. The summed E-state index contributed by atoms with van der Waals surface area (Å²) in [6.07, 6.45) is 6.25. The van der Waals surface area contributed by atoms with Crippen molar-refractivity contribution in [2.75, 3.05) is 17.4 Å². The molecule has 2 aromatic carbocycles. The molecule has 1 aliphatic heterocycles. The van der Waals surface area contributed by atoms with E-state index in [4.69, 9.17) is 9.47 Å². The normalized spacial score (nSPS) is 12.5. The van der Waals surface area contributed by atoms with Gasteiger partial charge in [-0.3, -0.25) is 9.59 Å². The second kappa shape index (κ2) is 8.18. The highest BCUT2D eigenvalue weighted by Crippen LogP contribution is 2.32. The molecule has 1 aliphatic rings. The van der Waals surface area contributed by atoms with Gasteiger partial charge in [0.15, 0.2) is 11.5 Å². The maximum absolute atomic E-state index is 13.9. The third-order valence-corrected chi connectivity index (χ3v) is 3.67. The Morgan fingerprint density at radius 2 is 1.85 bits per heavy atom. The van der Waals surface area contributed by atoms with Gasteiger partial charge >= 0.3 is 0 Å². The highest BCUT2D eigenvalue weighted by atomic mass is 19.1. The molecule has 0 spiro atoms. The van der Waals surface area contributed by atoms with E-state index in [-0.39, 0.29) is 12.5 Å². The zero-order chi connectivity index (χ0) is 19.2. The van der Waals surface area contributed by atoms with Crippen LogP contribution >= 0.6 is 0 Å². The van der Waals surface area contributed by atoms with Crippen molar-refractivity contribution in [2.24, 2.45) is 0 Å². The number of halogens is 1. The monoisotopic (exact) mass is 368 g/mol. The highest BCUT2D eigenvalue weighted by molar-refractivity contribution is 6.05. The summed E-state index contributed by atoms with van der Waals surface area (Å²) in [5, 5.41) is 5.09. The first-order chi connectivity index (χ1) is 13.1. The van der Waals surface area contributed by atoms with Crippen LogP contribution in [0.1, 0.15) is 17.3 Å². The van der Waals surface area contributed by atoms with E-state index >= 15 is 0 Å². The Morgan fingerprint density at radius 1 is 1.04 bits per heavy atom. The summed E-state index contributed by atoms with van der Waals surface area (Å²) in [6.45, 7) is 1.93. The van der Waals surface area contributed by atoms with Crippen LogP contribution in [0.2, 0.25) is 0 Å². The molecule has 0 saturated carbocycles. The molecule has 2 amide bonds. The van der Waals surface area contributed by atoms with Gasteiger partial charge in [-0.15, -0.1) is 0 Å². The first kappa shape index (κ1) is 18.2. The smallest absolute Gasteiger partial charge is 0.255 e. The number of anilines is 2. The van der Waals surface area contributed by atoms with E-state index in [9.17, 15) is 14.0 Å². The van der Waals surface area contributed by atoms with E-state index in [2.05, 4.69) is 10.6 Å². The number of hydrogen-bond donors (Lipinski definition) is 2. The zero-order valence-corrected chi connectivity index (χ0v) is 14.5. The summed E-state index contributed by atoms with van der Waals surface area (Å²) in [6, 6.07) is 8.73. The number of rotatable bonds is 5. The zero-order valence-electron chi connectivity index (χ0n) is 14.5. The van der Waals surface area contributed by atoms with Gasteiger partial charge in [0, 0.05) is 17.3 Å². The van der Waals surface area contributed by atoms with Gasteiger partial charge in [-0.05, 0) is 43.3 Å². The summed E-state index contributed by atoms with van der Waals surface area (Å²) in [5.74, 6) is -0.424. The van der Waals surface area contributed by atoms with Crippen molar-refractivity contribution in [1.29, 1.82) is 0 Å². The van der Waals surface area contributed by atoms with Crippen LogP contribution in [0.15, 0.2) is 60.7 Å². The molecule has 0 saturated heterocycles. The number of hydrogen-bond acceptors (Lipinski definition) is 4. The minimum atomic E-state index is -0.608. The van der Waals surface area contributed by atoms with Crippen LogP contribution in [-0.4, -0.2) is 18.6 Å². The predicted octanol–water partition coefficient (Wildman–Crippen LogP) is 3.88. The molecular formula is C20H17FN2O4.